The minimum atomic E-state index is -0.196. The molecule has 190 valence electrons. The molecule has 1 aliphatic heterocycles. The zero-order valence-electron chi connectivity index (χ0n) is 20.7. The first-order valence-electron chi connectivity index (χ1n) is 11.8. The smallest absolute Gasteiger partial charge is 0.261 e. The van der Waals surface area contributed by atoms with Gasteiger partial charge >= 0.3 is 0 Å². The standard InChI is InChI=1S/C26H30N4O6/c1-34-19-7-4-6-18(14-19)25(32)29-12-10-28(11-13-29)24(31)8-5-9-30-17-27-21-16-23(36-3)22(35-2)15-20(21)26(30)33/h4,6-7,14-17H,5,8-13H2,1-3H3. The molecule has 0 saturated carbocycles. The van der Waals surface area contributed by atoms with Gasteiger partial charge in [-0.05, 0) is 30.7 Å². The van der Waals surface area contributed by atoms with E-state index in [2.05, 4.69) is 4.98 Å². The van der Waals surface area contributed by atoms with Crippen molar-refractivity contribution in [2.24, 2.45) is 0 Å². The van der Waals surface area contributed by atoms with Crippen LogP contribution in [0.5, 0.6) is 17.2 Å². The average molecular weight is 495 g/mol. The molecule has 0 N–H and O–H groups in total. The largest absolute Gasteiger partial charge is 0.497 e. The summed E-state index contributed by atoms with van der Waals surface area (Å²) in [6.07, 6.45) is 2.30. The number of hydrogen-bond acceptors (Lipinski definition) is 7. The highest BCUT2D eigenvalue weighted by molar-refractivity contribution is 5.94. The number of amides is 2. The number of carbonyl (C=O) groups excluding carboxylic acids is 2. The molecule has 0 spiro atoms. The van der Waals surface area contributed by atoms with Crippen LogP contribution < -0.4 is 19.8 Å². The maximum Gasteiger partial charge on any atom is 0.261 e. The molecule has 36 heavy (non-hydrogen) atoms. The third-order valence-corrected chi connectivity index (χ3v) is 6.36. The Morgan fingerprint density at radius 1 is 0.917 bits per heavy atom. The lowest BCUT2D eigenvalue weighted by Gasteiger charge is -2.35. The molecule has 0 atom stereocenters. The van der Waals surface area contributed by atoms with Crippen molar-refractivity contribution in [3.63, 3.8) is 0 Å². The molecule has 1 aliphatic rings. The lowest BCUT2D eigenvalue weighted by atomic mass is 10.1. The number of piperazine rings is 1. The number of ether oxygens (including phenoxy) is 3. The van der Waals surface area contributed by atoms with Gasteiger partial charge in [0.1, 0.15) is 5.75 Å². The maximum absolute atomic E-state index is 12.9. The van der Waals surface area contributed by atoms with Gasteiger partial charge in [-0.2, -0.15) is 0 Å². The van der Waals surface area contributed by atoms with Crippen LogP contribution in [0.1, 0.15) is 23.2 Å². The Labute approximate surface area is 209 Å². The summed E-state index contributed by atoms with van der Waals surface area (Å²) in [4.78, 5) is 46.3. The second kappa shape index (κ2) is 11.1. The van der Waals surface area contributed by atoms with E-state index in [-0.39, 0.29) is 17.4 Å². The number of aryl methyl sites for hydroxylation is 1. The number of fused-ring (bicyclic) bond motifs is 1. The lowest BCUT2D eigenvalue weighted by Crippen LogP contribution is -2.50. The summed E-state index contributed by atoms with van der Waals surface area (Å²) in [7, 11) is 4.61. The van der Waals surface area contributed by atoms with Gasteiger partial charge in [0.25, 0.3) is 11.5 Å². The van der Waals surface area contributed by atoms with E-state index in [1.54, 1.807) is 53.3 Å². The Balaban J connectivity index is 1.31. The van der Waals surface area contributed by atoms with Crippen LogP contribution >= 0.6 is 0 Å². The summed E-state index contributed by atoms with van der Waals surface area (Å²) < 4.78 is 17.3. The van der Waals surface area contributed by atoms with Crippen molar-refractivity contribution in [3.05, 3.63) is 58.6 Å². The summed E-state index contributed by atoms with van der Waals surface area (Å²) in [6, 6.07) is 10.4. The number of rotatable bonds is 8. The lowest BCUT2D eigenvalue weighted by molar-refractivity contribution is -0.132. The van der Waals surface area contributed by atoms with Gasteiger partial charge in [-0.3, -0.25) is 19.0 Å². The van der Waals surface area contributed by atoms with Crippen LogP contribution in [-0.2, 0) is 11.3 Å². The summed E-state index contributed by atoms with van der Waals surface area (Å²) in [5.74, 6) is 1.54. The molecule has 2 amide bonds. The molecular formula is C26H30N4O6. The Morgan fingerprint density at radius 3 is 2.31 bits per heavy atom. The van der Waals surface area contributed by atoms with Crippen LogP contribution in [0.25, 0.3) is 10.9 Å². The number of nitrogens with zero attached hydrogens (tertiary/aromatic N) is 4. The predicted octanol–water partition coefficient (Wildman–Crippen LogP) is 2.19. The van der Waals surface area contributed by atoms with E-state index < -0.39 is 0 Å². The summed E-state index contributed by atoms with van der Waals surface area (Å²) in [5.41, 5.74) is 0.893. The number of benzene rings is 2. The highest BCUT2D eigenvalue weighted by atomic mass is 16.5. The molecule has 0 bridgehead atoms. The Bertz CT molecular complexity index is 1310. The molecule has 1 aromatic heterocycles. The fraction of sp³-hybridized carbons (Fsp3) is 0.385. The molecule has 10 heteroatoms. The van der Waals surface area contributed by atoms with E-state index >= 15 is 0 Å². The highest BCUT2D eigenvalue weighted by Gasteiger charge is 2.25. The van der Waals surface area contributed by atoms with Gasteiger partial charge in [0.05, 0.1) is 38.6 Å². The van der Waals surface area contributed by atoms with Crippen LogP contribution in [0.15, 0.2) is 47.5 Å². The van der Waals surface area contributed by atoms with Crippen molar-refractivity contribution in [1.29, 1.82) is 0 Å². The van der Waals surface area contributed by atoms with E-state index in [1.165, 1.54) is 25.1 Å². The Kier molecular flexibility index (Phi) is 7.72. The molecule has 2 heterocycles. The second-order valence-electron chi connectivity index (χ2n) is 8.48. The minimum Gasteiger partial charge on any atom is -0.497 e. The van der Waals surface area contributed by atoms with Crippen LogP contribution in [0, 0.1) is 0 Å². The van der Waals surface area contributed by atoms with Crippen LogP contribution in [0.3, 0.4) is 0 Å². The number of hydrogen-bond donors (Lipinski definition) is 0. The molecule has 4 rings (SSSR count). The first kappa shape index (κ1) is 25.0. The monoisotopic (exact) mass is 494 g/mol. The van der Waals surface area contributed by atoms with Crippen molar-refractivity contribution in [2.75, 3.05) is 47.5 Å². The fourth-order valence-corrected chi connectivity index (χ4v) is 4.30. The number of carbonyl (C=O) groups is 2. The molecule has 10 nitrogen and oxygen atoms in total. The molecule has 1 fully saturated rings. The Hall–Kier alpha value is -4.08. The van der Waals surface area contributed by atoms with Crippen molar-refractivity contribution < 1.29 is 23.8 Å². The van der Waals surface area contributed by atoms with Gasteiger partial charge in [-0.15, -0.1) is 0 Å². The maximum atomic E-state index is 12.9. The third kappa shape index (κ3) is 5.27. The summed E-state index contributed by atoms with van der Waals surface area (Å²) in [6.45, 7) is 2.28. The van der Waals surface area contributed by atoms with Crippen LogP contribution in [0.4, 0.5) is 0 Å². The first-order chi connectivity index (χ1) is 17.4. The normalized spacial score (nSPS) is 13.5. The zero-order chi connectivity index (χ0) is 25.7. The molecule has 1 saturated heterocycles. The quantitative estimate of drug-likeness (QED) is 0.473. The second-order valence-corrected chi connectivity index (χ2v) is 8.48. The number of aromatic nitrogens is 2. The van der Waals surface area contributed by atoms with Crippen molar-refractivity contribution in [3.8, 4) is 17.2 Å². The zero-order valence-corrected chi connectivity index (χ0v) is 20.7. The van der Waals surface area contributed by atoms with E-state index in [9.17, 15) is 14.4 Å². The predicted molar refractivity (Wildman–Crippen MR) is 134 cm³/mol. The van der Waals surface area contributed by atoms with Crippen molar-refractivity contribution in [2.45, 2.75) is 19.4 Å². The van der Waals surface area contributed by atoms with Crippen LogP contribution in [-0.4, -0.2) is 78.7 Å². The minimum absolute atomic E-state index is 0.0108. The summed E-state index contributed by atoms with van der Waals surface area (Å²) >= 11 is 0. The van der Waals surface area contributed by atoms with Gasteiger partial charge in [0.15, 0.2) is 11.5 Å². The molecular weight excluding hydrogens is 464 g/mol. The highest BCUT2D eigenvalue weighted by Crippen LogP contribution is 2.29. The SMILES string of the molecule is COc1cccc(C(=O)N2CCN(C(=O)CCCn3cnc4cc(OC)c(OC)cc4c3=O)CC2)c1. The van der Waals surface area contributed by atoms with E-state index in [1.807, 2.05) is 0 Å². The molecule has 0 unspecified atom stereocenters. The summed E-state index contributed by atoms with van der Waals surface area (Å²) in [5, 5.41) is 0.429. The topological polar surface area (TPSA) is 103 Å². The molecule has 0 radical (unpaired) electrons. The van der Waals surface area contributed by atoms with Crippen molar-refractivity contribution >= 4 is 22.7 Å². The van der Waals surface area contributed by atoms with Gasteiger partial charge in [0, 0.05) is 50.8 Å². The van der Waals surface area contributed by atoms with E-state index in [0.29, 0.717) is 79.3 Å². The molecule has 2 aromatic carbocycles. The molecule has 3 aromatic rings. The van der Waals surface area contributed by atoms with Gasteiger partial charge in [-0.1, -0.05) is 6.07 Å². The Morgan fingerprint density at radius 2 is 1.61 bits per heavy atom. The molecule has 0 aliphatic carbocycles. The third-order valence-electron chi connectivity index (χ3n) is 6.36. The average Bonchev–Trinajstić information content (AvgIpc) is 2.93. The van der Waals surface area contributed by atoms with Gasteiger partial charge in [-0.25, -0.2) is 4.98 Å². The van der Waals surface area contributed by atoms with Crippen LogP contribution in [0.2, 0.25) is 0 Å². The van der Waals surface area contributed by atoms with Gasteiger partial charge in [0.2, 0.25) is 5.91 Å². The van der Waals surface area contributed by atoms with Crippen molar-refractivity contribution in [1.82, 2.24) is 19.4 Å². The fourth-order valence-electron chi connectivity index (χ4n) is 4.30. The van der Waals surface area contributed by atoms with E-state index in [0.717, 1.165) is 0 Å². The van der Waals surface area contributed by atoms with E-state index in [4.69, 9.17) is 14.2 Å². The van der Waals surface area contributed by atoms with Gasteiger partial charge < -0.3 is 24.0 Å². The first-order valence-corrected chi connectivity index (χ1v) is 11.8. The number of methoxy groups -OCH3 is 3.